The van der Waals surface area contributed by atoms with Crippen molar-refractivity contribution in [1.82, 2.24) is 4.90 Å². The first-order valence-electron chi connectivity index (χ1n) is 10.4. The lowest BCUT2D eigenvalue weighted by Gasteiger charge is -2.14. The number of esters is 1. The number of ether oxygens (including phenoxy) is 1. The minimum Gasteiger partial charge on any atom is -0.452 e. The van der Waals surface area contributed by atoms with E-state index in [1.54, 1.807) is 6.07 Å². The van der Waals surface area contributed by atoms with E-state index in [4.69, 9.17) is 4.74 Å². The first-order chi connectivity index (χ1) is 14.8. The number of amides is 3. The molecule has 0 aliphatic carbocycles. The molecule has 3 amide bonds. The van der Waals surface area contributed by atoms with Crippen molar-refractivity contribution in [2.75, 3.05) is 18.5 Å². The predicted octanol–water partition coefficient (Wildman–Crippen LogP) is 3.69. The number of hydrogen-bond acceptors (Lipinski definition) is 5. The molecule has 162 valence electrons. The van der Waals surface area contributed by atoms with Crippen molar-refractivity contribution in [2.24, 2.45) is 5.92 Å². The number of carbonyl (C=O) groups excluding carboxylic acids is 4. The van der Waals surface area contributed by atoms with Crippen LogP contribution in [-0.2, 0) is 16.0 Å². The monoisotopic (exact) mass is 422 g/mol. The summed E-state index contributed by atoms with van der Waals surface area (Å²) in [5.74, 6) is -1.60. The highest BCUT2D eigenvalue weighted by molar-refractivity contribution is 6.22. The number of hydrogen-bond donors (Lipinski definition) is 1. The largest absolute Gasteiger partial charge is 0.452 e. The van der Waals surface area contributed by atoms with Crippen molar-refractivity contribution in [3.05, 3.63) is 64.7 Å². The summed E-state index contributed by atoms with van der Waals surface area (Å²) in [5.41, 5.74) is 2.23. The molecule has 0 aromatic heterocycles. The van der Waals surface area contributed by atoms with Crippen LogP contribution in [0.2, 0.25) is 0 Å². The quantitative estimate of drug-likeness (QED) is 0.517. The molecule has 7 nitrogen and oxygen atoms in total. The maximum Gasteiger partial charge on any atom is 0.338 e. The van der Waals surface area contributed by atoms with Gasteiger partial charge in [-0.1, -0.05) is 39.0 Å². The molecule has 1 heterocycles. The molecule has 0 bridgehead atoms. The molecule has 3 rings (SSSR count). The van der Waals surface area contributed by atoms with Gasteiger partial charge in [-0.25, -0.2) is 4.79 Å². The Morgan fingerprint density at radius 3 is 2.45 bits per heavy atom. The van der Waals surface area contributed by atoms with Crippen LogP contribution in [0.5, 0.6) is 0 Å². The van der Waals surface area contributed by atoms with Gasteiger partial charge in [-0.3, -0.25) is 19.3 Å². The van der Waals surface area contributed by atoms with Crippen molar-refractivity contribution in [1.29, 1.82) is 0 Å². The molecule has 1 N–H and O–H groups in total. The van der Waals surface area contributed by atoms with Crippen LogP contribution in [0, 0.1) is 5.92 Å². The number of nitrogens with one attached hydrogen (secondary N) is 1. The van der Waals surface area contributed by atoms with E-state index in [0.29, 0.717) is 24.6 Å². The second-order valence-corrected chi connectivity index (χ2v) is 7.84. The molecule has 7 heteroatoms. The van der Waals surface area contributed by atoms with E-state index in [0.717, 1.165) is 12.0 Å². The number of carbonyl (C=O) groups is 4. The van der Waals surface area contributed by atoms with Crippen molar-refractivity contribution in [3.8, 4) is 0 Å². The average molecular weight is 422 g/mol. The predicted molar refractivity (Wildman–Crippen MR) is 116 cm³/mol. The Labute approximate surface area is 181 Å². The normalized spacial score (nSPS) is 12.8. The third kappa shape index (κ3) is 4.99. The summed E-state index contributed by atoms with van der Waals surface area (Å²) >= 11 is 0. The van der Waals surface area contributed by atoms with Crippen LogP contribution in [-0.4, -0.2) is 41.7 Å². The van der Waals surface area contributed by atoms with Crippen LogP contribution < -0.4 is 5.32 Å². The zero-order valence-electron chi connectivity index (χ0n) is 17.9. The smallest absolute Gasteiger partial charge is 0.338 e. The molecule has 1 aliphatic heterocycles. The zero-order valence-corrected chi connectivity index (χ0v) is 17.9. The highest BCUT2D eigenvalue weighted by atomic mass is 16.5. The molecule has 0 radical (unpaired) electrons. The van der Waals surface area contributed by atoms with E-state index >= 15 is 0 Å². The molecule has 0 atom stereocenters. The lowest BCUT2D eigenvalue weighted by Crippen LogP contribution is -2.31. The fraction of sp³-hybridized carbons (Fsp3) is 0.333. The van der Waals surface area contributed by atoms with E-state index in [1.165, 1.54) is 23.1 Å². The summed E-state index contributed by atoms with van der Waals surface area (Å²) in [4.78, 5) is 50.9. The number of imide groups is 1. The topological polar surface area (TPSA) is 92.8 Å². The van der Waals surface area contributed by atoms with Gasteiger partial charge in [0.2, 0.25) is 0 Å². The molecule has 1 aliphatic rings. The lowest BCUT2D eigenvalue weighted by molar-refractivity contribution is -0.119. The third-order valence-corrected chi connectivity index (χ3v) is 5.14. The van der Waals surface area contributed by atoms with E-state index < -0.39 is 24.4 Å². The number of benzene rings is 2. The Morgan fingerprint density at radius 1 is 1.03 bits per heavy atom. The highest BCUT2D eigenvalue weighted by Crippen LogP contribution is 2.25. The molecule has 0 saturated heterocycles. The van der Waals surface area contributed by atoms with Gasteiger partial charge in [-0.05, 0) is 48.6 Å². The van der Waals surface area contributed by atoms with Gasteiger partial charge < -0.3 is 10.1 Å². The van der Waals surface area contributed by atoms with Crippen molar-refractivity contribution in [2.45, 2.75) is 33.6 Å². The number of aryl methyl sites for hydroxylation is 1. The second-order valence-electron chi connectivity index (χ2n) is 7.84. The molecular weight excluding hydrogens is 396 g/mol. The van der Waals surface area contributed by atoms with Gasteiger partial charge >= 0.3 is 5.97 Å². The molecule has 2 aromatic carbocycles. The molecule has 0 unspecified atom stereocenters. The van der Waals surface area contributed by atoms with Gasteiger partial charge in [0.1, 0.15) is 0 Å². The van der Waals surface area contributed by atoms with Crippen LogP contribution in [0.4, 0.5) is 5.69 Å². The minimum absolute atomic E-state index is 0.118. The first-order valence-corrected chi connectivity index (χ1v) is 10.4. The summed E-state index contributed by atoms with van der Waals surface area (Å²) in [5, 5.41) is 2.73. The van der Waals surface area contributed by atoms with E-state index in [-0.39, 0.29) is 22.6 Å². The molecule has 31 heavy (non-hydrogen) atoms. The molecule has 0 saturated carbocycles. The van der Waals surface area contributed by atoms with Crippen LogP contribution in [0.15, 0.2) is 42.5 Å². The Morgan fingerprint density at radius 2 is 1.74 bits per heavy atom. The summed E-state index contributed by atoms with van der Waals surface area (Å²) in [6.45, 7) is 5.89. The van der Waals surface area contributed by atoms with E-state index in [2.05, 4.69) is 5.32 Å². The van der Waals surface area contributed by atoms with Crippen LogP contribution in [0.1, 0.15) is 63.8 Å². The number of para-hydroxylation sites is 1. The van der Waals surface area contributed by atoms with Crippen LogP contribution in [0.3, 0.4) is 0 Å². The molecule has 0 spiro atoms. The zero-order chi connectivity index (χ0) is 22.5. The molecular formula is C24H26N2O5. The van der Waals surface area contributed by atoms with E-state index in [9.17, 15) is 19.2 Å². The number of fused-ring (bicyclic) bond motifs is 1. The standard InChI is InChI=1S/C24H26N2O5/c1-4-16-7-5-6-8-20(16)25-21(27)14-31-24(30)17-9-10-18-19(13-17)23(29)26(22(18)28)12-11-15(2)3/h5-10,13,15H,4,11-12,14H2,1-3H3,(H,25,27). The van der Waals surface area contributed by atoms with Crippen molar-refractivity contribution in [3.63, 3.8) is 0 Å². The maximum atomic E-state index is 12.6. The Balaban J connectivity index is 1.63. The van der Waals surface area contributed by atoms with E-state index in [1.807, 2.05) is 39.0 Å². The first kappa shape index (κ1) is 22.2. The summed E-state index contributed by atoms with van der Waals surface area (Å²) < 4.78 is 5.10. The highest BCUT2D eigenvalue weighted by Gasteiger charge is 2.35. The summed E-state index contributed by atoms with van der Waals surface area (Å²) in [6, 6.07) is 11.6. The summed E-state index contributed by atoms with van der Waals surface area (Å²) in [7, 11) is 0. The second kappa shape index (κ2) is 9.55. The van der Waals surface area contributed by atoms with Crippen LogP contribution >= 0.6 is 0 Å². The molecule has 0 fully saturated rings. The minimum atomic E-state index is -0.734. The number of rotatable bonds is 8. The SMILES string of the molecule is CCc1ccccc1NC(=O)COC(=O)c1ccc2c(c1)C(=O)N(CCC(C)C)C2=O. The molecule has 2 aromatic rings. The van der Waals surface area contributed by atoms with Gasteiger partial charge in [0.25, 0.3) is 17.7 Å². The number of anilines is 1. The maximum absolute atomic E-state index is 12.6. The van der Waals surface area contributed by atoms with Gasteiger partial charge in [0.05, 0.1) is 16.7 Å². The Kier molecular flexibility index (Phi) is 6.84. The van der Waals surface area contributed by atoms with Gasteiger partial charge in [-0.15, -0.1) is 0 Å². The van der Waals surface area contributed by atoms with Gasteiger partial charge in [0.15, 0.2) is 6.61 Å². The fourth-order valence-corrected chi connectivity index (χ4v) is 3.36. The number of nitrogens with zero attached hydrogens (tertiary/aromatic N) is 1. The van der Waals surface area contributed by atoms with Gasteiger partial charge in [-0.2, -0.15) is 0 Å². The summed E-state index contributed by atoms with van der Waals surface area (Å²) in [6.07, 6.45) is 1.46. The van der Waals surface area contributed by atoms with Crippen molar-refractivity contribution < 1.29 is 23.9 Å². The van der Waals surface area contributed by atoms with Crippen LogP contribution in [0.25, 0.3) is 0 Å². The third-order valence-electron chi connectivity index (χ3n) is 5.14. The fourth-order valence-electron chi connectivity index (χ4n) is 3.36. The van der Waals surface area contributed by atoms with Crippen molar-refractivity contribution >= 4 is 29.4 Å². The van der Waals surface area contributed by atoms with Gasteiger partial charge in [0, 0.05) is 12.2 Å². The lowest BCUT2D eigenvalue weighted by atomic mass is 10.1. The Hall–Kier alpha value is -3.48. The Bertz CT molecular complexity index is 1030. The average Bonchev–Trinajstić information content (AvgIpc) is 3.00.